The van der Waals surface area contributed by atoms with Gasteiger partial charge < -0.3 is 20.3 Å². The van der Waals surface area contributed by atoms with Crippen LogP contribution >= 0.6 is 0 Å². The fraction of sp³-hybridized carbons (Fsp3) is 0.317. The number of rotatable bonds is 13. The number of anilines is 2. The second kappa shape index (κ2) is 16.4. The number of aromatic nitrogens is 4. The lowest BCUT2D eigenvalue weighted by Crippen LogP contribution is -2.54. The number of nitrogens with one attached hydrogen (secondary N) is 4. The Hall–Kier alpha value is -6.75. The van der Waals surface area contributed by atoms with Gasteiger partial charge in [0.1, 0.15) is 34.3 Å². The summed E-state index contributed by atoms with van der Waals surface area (Å²) >= 11 is 0. The number of piperidine rings is 1. The Labute approximate surface area is 332 Å². The molecule has 0 radical (unpaired) electrons. The van der Waals surface area contributed by atoms with Crippen LogP contribution in [0.4, 0.5) is 15.8 Å². The largest absolute Gasteiger partial charge is 0.496 e. The number of imide groups is 2. The molecule has 0 saturated carbocycles. The summed E-state index contributed by atoms with van der Waals surface area (Å²) in [5.74, 6) is -2.15. The Morgan fingerprint density at radius 2 is 1.71 bits per heavy atom. The number of piperazine rings is 1. The van der Waals surface area contributed by atoms with Crippen LogP contribution in [0.3, 0.4) is 0 Å². The van der Waals surface area contributed by atoms with Crippen LogP contribution in [-0.2, 0) is 14.4 Å². The molecule has 5 amide bonds. The van der Waals surface area contributed by atoms with Gasteiger partial charge in [-0.2, -0.15) is 5.10 Å². The van der Waals surface area contributed by atoms with Crippen LogP contribution in [0.5, 0.6) is 5.75 Å². The van der Waals surface area contributed by atoms with E-state index in [9.17, 15) is 28.4 Å². The van der Waals surface area contributed by atoms with E-state index < -0.39 is 35.5 Å². The summed E-state index contributed by atoms with van der Waals surface area (Å²) in [6.45, 7) is 4.28. The first-order valence-electron chi connectivity index (χ1n) is 19.2. The van der Waals surface area contributed by atoms with Gasteiger partial charge in [-0.3, -0.25) is 44.2 Å². The maximum Gasteiger partial charge on any atom is 0.264 e. The van der Waals surface area contributed by atoms with E-state index in [-0.39, 0.29) is 41.3 Å². The summed E-state index contributed by atoms with van der Waals surface area (Å²) < 4.78 is 20.1. The SMILES string of the molecule is COc1cccc(F)c1-c1ncc2[nH]nc(-c3ccc(N4CCN(CC(=O)NCCCCNc5cccc6c5C(=O)N(C5CCC(=O)NC5=O)C6=O)CC4)cc3)c2n1. The Morgan fingerprint density at radius 3 is 2.48 bits per heavy atom. The third-order valence-electron chi connectivity index (χ3n) is 10.7. The van der Waals surface area contributed by atoms with Crippen molar-refractivity contribution >= 4 is 51.9 Å². The van der Waals surface area contributed by atoms with Gasteiger partial charge in [-0.1, -0.05) is 24.3 Å². The molecular weight excluding hydrogens is 748 g/mol. The molecule has 1 unspecified atom stereocenters. The first-order chi connectivity index (χ1) is 28.2. The van der Waals surface area contributed by atoms with Crippen LogP contribution in [0.1, 0.15) is 46.4 Å². The lowest BCUT2D eigenvalue weighted by Gasteiger charge is -2.35. The molecule has 1 atom stereocenters. The van der Waals surface area contributed by atoms with Crippen LogP contribution in [0, 0.1) is 5.82 Å². The maximum atomic E-state index is 14.8. The van der Waals surface area contributed by atoms with E-state index in [1.165, 1.54) is 13.2 Å². The number of methoxy groups -OCH3 is 1. The zero-order valence-electron chi connectivity index (χ0n) is 31.7. The number of aromatic amines is 1. The van der Waals surface area contributed by atoms with E-state index in [0.29, 0.717) is 60.6 Å². The van der Waals surface area contributed by atoms with Crippen molar-refractivity contribution in [2.24, 2.45) is 0 Å². The van der Waals surface area contributed by atoms with E-state index in [0.717, 1.165) is 42.3 Å². The van der Waals surface area contributed by atoms with Crippen LogP contribution < -0.4 is 25.6 Å². The molecule has 0 bridgehead atoms. The summed E-state index contributed by atoms with van der Waals surface area (Å²) in [4.78, 5) is 77.5. The van der Waals surface area contributed by atoms with Gasteiger partial charge in [-0.05, 0) is 55.7 Å². The molecule has 3 aromatic carbocycles. The number of hydrogen-bond acceptors (Lipinski definition) is 12. The Balaban J connectivity index is 0.774. The number of fused-ring (bicyclic) bond motifs is 2. The molecule has 3 aliphatic rings. The fourth-order valence-corrected chi connectivity index (χ4v) is 7.64. The van der Waals surface area contributed by atoms with Crippen LogP contribution in [0.2, 0.25) is 0 Å². The maximum absolute atomic E-state index is 14.8. The zero-order chi connectivity index (χ0) is 40.3. The minimum Gasteiger partial charge on any atom is -0.496 e. The number of carbonyl (C=O) groups excluding carboxylic acids is 5. The van der Waals surface area contributed by atoms with Gasteiger partial charge in [0.05, 0.1) is 36.5 Å². The van der Waals surface area contributed by atoms with Crippen molar-refractivity contribution in [1.82, 2.24) is 40.6 Å². The van der Waals surface area contributed by atoms with Gasteiger partial charge in [-0.15, -0.1) is 0 Å². The highest BCUT2D eigenvalue weighted by atomic mass is 19.1. The summed E-state index contributed by atoms with van der Waals surface area (Å²) in [5.41, 5.74) is 4.86. The highest BCUT2D eigenvalue weighted by Gasteiger charge is 2.45. The molecular formula is C41H41FN10O6. The number of unbranched alkanes of at least 4 members (excludes halogenated alkanes) is 1. The van der Waals surface area contributed by atoms with Crippen LogP contribution in [0.25, 0.3) is 33.7 Å². The number of H-pyrrole nitrogens is 1. The Morgan fingerprint density at radius 1 is 0.931 bits per heavy atom. The molecule has 0 aliphatic carbocycles. The molecule has 16 nitrogen and oxygen atoms in total. The highest BCUT2D eigenvalue weighted by molar-refractivity contribution is 6.25. The van der Waals surface area contributed by atoms with Crippen molar-refractivity contribution in [3.8, 4) is 28.4 Å². The average Bonchev–Trinajstić information content (AvgIpc) is 3.77. The van der Waals surface area contributed by atoms with Gasteiger partial charge in [0, 0.05) is 62.6 Å². The number of hydrogen-bond donors (Lipinski definition) is 4. The minimum atomic E-state index is -1.02. The molecule has 2 saturated heterocycles. The summed E-state index contributed by atoms with van der Waals surface area (Å²) in [6.07, 6.45) is 3.15. The molecule has 17 heteroatoms. The topological polar surface area (TPSA) is 195 Å². The smallest absolute Gasteiger partial charge is 0.264 e. The number of benzene rings is 3. The number of carbonyl (C=O) groups is 5. The second-order valence-electron chi connectivity index (χ2n) is 14.3. The van der Waals surface area contributed by atoms with Gasteiger partial charge in [0.15, 0.2) is 5.82 Å². The Bertz CT molecular complexity index is 2410. The van der Waals surface area contributed by atoms with E-state index in [1.54, 1.807) is 36.5 Å². The quantitative estimate of drug-likeness (QED) is 0.101. The van der Waals surface area contributed by atoms with Gasteiger partial charge >= 0.3 is 0 Å². The van der Waals surface area contributed by atoms with Crippen molar-refractivity contribution in [3.63, 3.8) is 0 Å². The third-order valence-corrected chi connectivity index (χ3v) is 10.7. The minimum absolute atomic E-state index is 0.0454. The molecule has 298 valence electrons. The molecule has 5 heterocycles. The number of nitrogens with zero attached hydrogens (tertiary/aromatic N) is 6. The monoisotopic (exact) mass is 788 g/mol. The van der Waals surface area contributed by atoms with Gasteiger partial charge in [-0.25, -0.2) is 14.4 Å². The number of halogens is 1. The van der Waals surface area contributed by atoms with Gasteiger partial charge in [0.25, 0.3) is 11.8 Å². The van der Waals surface area contributed by atoms with Crippen molar-refractivity contribution in [2.75, 3.05) is 63.1 Å². The lowest BCUT2D eigenvalue weighted by molar-refractivity contribution is -0.136. The molecule has 8 rings (SSSR count). The highest BCUT2D eigenvalue weighted by Crippen LogP contribution is 2.34. The Kier molecular flexibility index (Phi) is 10.8. The summed E-state index contributed by atoms with van der Waals surface area (Å²) in [7, 11) is 1.48. The van der Waals surface area contributed by atoms with Crippen LogP contribution in [0.15, 0.2) is 66.9 Å². The van der Waals surface area contributed by atoms with Crippen molar-refractivity contribution in [3.05, 3.63) is 83.8 Å². The predicted molar refractivity (Wildman–Crippen MR) is 212 cm³/mol. The molecule has 3 aliphatic heterocycles. The summed E-state index contributed by atoms with van der Waals surface area (Å²) in [6, 6.07) is 16.6. The van der Waals surface area contributed by atoms with Crippen molar-refractivity contribution in [2.45, 2.75) is 31.7 Å². The zero-order valence-corrected chi connectivity index (χ0v) is 31.7. The normalized spacial score (nSPS) is 17.1. The van der Waals surface area contributed by atoms with E-state index in [1.807, 2.05) is 24.3 Å². The predicted octanol–water partition coefficient (Wildman–Crippen LogP) is 3.37. The van der Waals surface area contributed by atoms with E-state index in [4.69, 9.17) is 4.74 Å². The first-order valence-corrected chi connectivity index (χ1v) is 19.2. The lowest BCUT2D eigenvalue weighted by atomic mass is 10.0. The first kappa shape index (κ1) is 38.1. The number of amides is 5. The molecule has 0 spiro atoms. The molecule has 4 N–H and O–H groups in total. The second-order valence-corrected chi connectivity index (χ2v) is 14.3. The molecule has 58 heavy (non-hydrogen) atoms. The molecule has 5 aromatic rings. The summed E-state index contributed by atoms with van der Waals surface area (Å²) in [5, 5.41) is 15.9. The van der Waals surface area contributed by atoms with Crippen LogP contribution in [-0.4, -0.2) is 118 Å². The molecule has 2 aromatic heterocycles. The fourth-order valence-electron chi connectivity index (χ4n) is 7.64. The third kappa shape index (κ3) is 7.55. The molecule has 2 fully saturated rings. The number of ether oxygens (including phenoxy) is 1. The van der Waals surface area contributed by atoms with Gasteiger partial charge in [0.2, 0.25) is 17.7 Å². The van der Waals surface area contributed by atoms with E-state index in [2.05, 4.69) is 45.9 Å². The standard InChI is InChI=1S/C41H41FN10O6/c1-58-31-9-5-7-27(42)35(31)38-45-22-29-37(47-38)36(49-48-29)24-10-12-25(13-11-24)51-20-18-50(19-21-51)23-33(54)44-17-3-2-16-43-28-8-4-6-26-34(28)41(57)52(40(26)56)30-14-15-32(53)46-39(30)55/h4-13,22,30,43H,2-3,14-21,23H2,1H3,(H,44,54)(H,48,49)(H,46,53,55). The average molecular weight is 789 g/mol. The van der Waals surface area contributed by atoms with E-state index >= 15 is 0 Å². The van der Waals surface area contributed by atoms with Crippen molar-refractivity contribution < 1.29 is 33.1 Å². The van der Waals surface area contributed by atoms with Crippen molar-refractivity contribution in [1.29, 1.82) is 0 Å².